The second-order valence-electron chi connectivity index (χ2n) is 5.10. The van der Waals surface area contributed by atoms with Gasteiger partial charge in [0.25, 0.3) is 0 Å². The van der Waals surface area contributed by atoms with Crippen molar-refractivity contribution in [1.29, 1.82) is 0 Å². The zero-order valence-corrected chi connectivity index (χ0v) is 11.3. The van der Waals surface area contributed by atoms with Crippen molar-refractivity contribution in [2.75, 3.05) is 20.2 Å². The number of aliphatic carboxylic acids is 1. The molecule has 104 valence electrons. The van der Waals surface area contributed by atoms with Crippen molar-refractivity contribution in [3.63, 3.8) is 0 Å². The van der Waals surface area contributed by atoms with Crippen LogP contribution in [0.25, 0.3) is 0 Å². The molecule has 1 atom stereocenters. The quantitative estimate of drug-likeness (QED) is 0.719. The van der Waals surface area contributed by atoms with Gasteiger partial charge in [-0.15, -0.1) is 0 Å². The number of hydrogen-bond donors (Lipinski definition) is 3. The third-order valence-electron chi connectivity index (χ3n) is 3.53. The standard InChI is InChI=1S/C14H20N2O3/c1-10(11-4-3-5-12(6-11)19-2)16-14(7-13(17)18)8-15-9-14/h3-6,10,15-16H,7-9H2,1-2H3,(H,17,18)/t10-/m1/s1. The molecule has 0 spiro atoms. The highest BCUT2D eigenvalue weighted by atomic mass is 16.5. The summed E-state index contributed by atoms with van der Waals surface area (Å²) < 4.78 is 5.21. The highest BCUT2D eigenvalue weighted by molar-refractivity contribution is 5.69. The summed E-state index contributed by atoms with van der Waals surface area (Å²) >= 11 is 0. The van der Waals surface area contributed by atoms with Crippen molar-refractivity contribution < 1.29 is 14.6 Å². The van der Waals surface area contributed by atoms with Crippen molar-refractivity contribution >= 4 is 5.97 Å². The molecule has 1 aliphatic rings. The fourth-order valence-electron chi connectivity index (χ4n) is 2.45. The van der Waals surface area contributed by atoms with Gasteiger partial charge < -0.3 is 20.5 Å². The summed E-state index contributed by atoms with van der Waals surface area (Å²) in [7, 11) is 1.64. The maximum atomic E-state index is 10.9. The topological polar surface area (TPSA) is 70.6 Å². The van der Waals surface area contributed by atoms with Gasteiger partial charge in [0.1, 0.15) is 5.75 Å². The van der Waals surface area contributed by atoms with E-state index in [9.17, 15) is 4.79 Å². The number of rotatable bonds is 6. The maximum Gasteiger partial charge on any atom is 0.305 e. The summed E-state index contributed by atoms with van der Waals surface area (Å²) in [4.78, 5) is 10.9. The van der Waals surface area contributed by atoms with E-state index in [0.29, 0.717) is 13.1 Å². The average Bonchev–Trinajstić information content (AvgIpc) is 2.35. The highest BCUT2D eigenvalue weighted by Crippen LogP contribution is 2.24. The van der Waals surface area contributed by atoms with Crippen LogP contribution in [0, 0.1) is 0 Å². The van der Waals surface area contributed by atoms with Crippen LogP contribution < -0.4 is 15.4 Å². The van der Waals surface area contributed by atoms with Crippen molar-refractivity contribution in [2.45, 2.75) is 24.9 Å². The smallest absolute Gasteiger partial charge is 0.305 e. The van der Waals surface area contributed by atoms with Gasteiger partial charge >= 0.3 is 5.97 Å². The first-order valence-electron chi connectivity index (χ1n) is 6.39. The lowest BCUT2D eigenvalue weighted by molar-refractivity contribution is -0.139. The molecule has 1 heterocycles. The first-order valence-corrected chi connectivity index (χ1v) is 6.39. The lowest BCUT2D eigenvalue weighted by Gasteiger charge is -2.44. The number of benzene rings is 1. The predicted molar refractivity (Wildman–Crippen MR) is 72.4 cm³/mol. The first kappa shape index (κ1) is 13.8. The second kappa shape index (κ2) is 5.59. The van der Waals surface area contributed by atoms with Crippen molar-refractivity contribution in [3.05, 3.63) is 29.8 Å². The summed E-state index contributed by atoms with van der Waals surface area (Å²) in [5.41, 5.74) is 0.755. The Hall–Kier alpha value is -1.59. The lowest BCUT2D eigenvalue weighted by atomic mass is 9.87. The largest absolute Gasteiger partial charge is 0.497 e. The van der Waals surface area contributed by atoms with Gasteiger partial charge in [-0.25, -0.2) is 0 Å². The molecule has 0 bridgehead atoms. The van der Waals surface area contributed by atoms with E-state index in [0.717, 1.165) is 11.3 Å². The maximum absolute atomic E-state index is 10.9. The van der Waals surface area contributed by atoms with Gasteiger partial charge in [0, 0.05) is 19.1 Å². The van der Waals surface area contributed by atoms with Gasteiger partial charge in [-0.3, -0.25) is 4.79 Å². The first-order chi connectivity index (χ1) is 9.04. The third kappa shape index (κ3) is 3.24. The molecule has 1 aromatic carbocycles. The van der Waals surface area contributed by atoms with Crippen LogP contribution in [0.2, 0.25) is 0 Å². The summed E-state index contributed by atoms with van der Waals surface area (Å²) in [6.45, 7) is 3.41. The Labute approximate surface area is 113 Å². The monoisotopic (exact) mass is 264 g/mol. The van der Waals surface area contributed by atoms with Gasteiger partial charge in [-0.1, -0.05) is 12.1 Å². The van der Waals surface area contributed by atoms with Crippen LogP contribution in [-0.2, 0) is 4.79 Å². The second-order valence-corrected chi connectivity index (χ2v) is 5.10. The number of methoxy groups -OCH3 is 1. The van der Waals surface area contributed by atoms with Gasteiger partial charge in [0.15, 0.2) is 0 Å². The molecule has 0 aliphatic carbocycles. The molecule has 5 nitrogen and oxygen atoms in total. The summed E-state index contributed by atoms with van der Waals surface area (Å²) in [6.07, 6.45) is 0.133. The molecule has 0 amide bonds. The van der Waals surface area contributed by atoms with Crippen molar-refractivity contribution in [1.82, 2.24) is 10.6 Å². The molecule has 19 heavy (non-hydrogen) atoms. The molecular weight excluding hydrogens is 244 g/mol. The van der Waals surface area contributed by atoms with E-state index in [1.807, 2.05) is 31.2 Å². The number of hydrogen-bond acceptors (Lipinski definition) is 4. The van der Waals surface area contributed by atoms with Crippen LogP contribution in [0.5, 0.6) is 5.75 Å². The fourth-order valence-corrected chi connectivity index (χ4v) is 2.45. The van der Waals surface area contributed by atoms with E-state index in [1.165, 1.54) is 0 Å². The Bertz CT molecular complexity index is 458. The molecule has 1 fully saturated rings. The summed E-state index contributed by atoms with van der Waals surface area (Å²) in [5.74, 6) is 0.0389. The Morgan fingerprint density at radius 1 is 1.58 bits per heavy atom. The molecule has 1 aromatic rings. The molecular formula is C14H20N2O3. The lowest BCUT2D eigenvalue weighted by Crippen LogP contribution is -2.68. The number of carboxylic acid groups (broad SMARTS) is 1. The van der Waals surface area contributed by atoms with E-state index in [2.05, 4.69) is 10.6 Å². The Balaban J connectivity index is 2.06. The molecule has 1 aliphatic heterocycles. The molecule has 1 saturated heterocycles. The molecule has 0 radical (unpaired) electrons. The van der Waals surface area contributed by atoms with Crippen LogP contribution in [-0.4, -0.2) is 36.8 Å². The van der Waals surface area contributed by atoms with Crippen molar-refractivity contribution in [2.24, 2.45) is 0 Å². The van der Waals surface area contributed by atoms with Crippen LogP contribution in [0.15, 0.2) is 24.3 Å². The highest BCUT2D eigenvalue weighted by Gasteiger charge is 2.39. The summed E-state index contributed by atoms with van der Waals surface area (Å²) in [6, 6.07) is 7.90. The molecule has 0 saturated carbocycles. The van der Waals surface area contributed by atoms with Crippen LogP contribution in [0.3, 0.4) is 0 Å². The van der Waals surface area contributed by atoms with E-state index in [1.54, 1.807) is 7.11 Å². The van der Waals surface area contributed by atoms with E-state index in [-0.39, 0.29) is 18.0 Å². The Morgan fingerprint density at radius 2 is 2.32 bits per heavy atom. The minimum atomic E-state index is -0.771. The minimum absolute atomic E-state index is 0.0801. The minimum Gasteiger partial charge on any atom is -0.497 e. The Kier molecular flexibility index (Phi) is 4.07. The van der Waals surface area contributed by atoms with Gasteiger partial charge in [-0.05, 0) is 24.6 Å². The van der Waals surface area contributed by atoms with E-state index < -0.39 is 5.97 Å². The third-order valence-corrected chi connectivity index (χ3v) is 3.53. The predicted octanol–water partition coefficient (Wildman–Crippen LogP) is 1.16. The Morgan fingerprint density at radius 3 is 2.84 bits per heavy atom. The van der Waals surface area contributed by atoms with Crippen LogP contribution in [0.1, 0.15) is 24.9 Å². The zero-order chi connectivity index (χ0) is 13.9. The molecule has 0 aromatic heterocycles. The van der Waals surface area contributed by atoms with Gasteiger partial charge in [-0.2, -0.15) is 0 Å². The normalized spacial score (nSPS) is 18.4. The number of carboxylic acids is 1. The molecule has 0 unspecified atom stereocenters. The SMILES string of the molecule is COc1cccc([C@@H](C)NC2(CC(=O)O)CNC2)c1. The average molecular weight is 264 g/mol. The fraction of sp³-hybridized carbons (Fsp3) is 0.500. The van der Waals surface area contributed by atoms with Crippen LogP contribution >= 0.6 is 0 Å². The van der Waals surface area contributed by atoms with Gasteiger partial charge in [0.05, 0.1) is 19.1 Å². The molecule has 5 heteroatoms. The number of carbonyl (C=O) groups is 1. The number of nitrogens with one attached hydrogen (secondary N) is 2. The van der Waals surface area contributed by atoms with Crippen LogP contribution in [0.4, 0.5) is 0 Å². The number of ether oxygens (including phenoxy) is 1. The zero-order valence-electron chi connectivity index (χ0n) is 11.3. The summed E-state index contributed by atoms with van der Waals surface area (Å²) in [5, 5.41) is 15.6. The molecule has 3 N–H and O–H groups in total. The van der Waals surface area contributed by atoms with E-state index in [4.69, 9.17) is 9.84 Å². The molecule has 2 rings (SSSR count). The van der Waals surface area contributed by atoms with E-state index >= 15 is 0 Å². The van der Waals surface area contributed by atoms with Crippen molar-refractivity contribution in [3.8, 4) is 5.75 Å². The van der Waals surface area contributed by atoms with Gasteiger partial charge in [0.2, 0.25) is 0 Å².